The standard InChI is InChI=1S/C7H13NO5S/c1-6(4-7(8)10)5-13-14(11,12)3-2-9/h2,6H,3-5H2,1H3,(H2,8,10). The van der Waals surface area contributed by atoms with Crippen molar-refractivity contribution in [2.45, 2.75) is 13.3 Å². The van der Waals surface area contributed by atoms with Gasteiger partial charge in [-0.3, -0.25) is 8.98 Å². The number of hydrogen-bond acceptors (Lipinski definition) is 5. The fourth-order valence-corrected chi connectivity index (χ4v) is 1.46. The molecule has 0 bridgehead atoms. The van der Waals surface area contributed by atoms with Crippen LogP contribution in [0.5, 0.6) is 0 Å². The van der Waals surface area contributed by atoms with Crippen molar-refractivity contribution in [2.24, 2.45) is 11.7 Å². The monoisotopic (exact) mass is 223 g/mol. The SMILES string of the molecule is CC(COS(=O)(=O)CC=O)CC(N)=O. The molecular formula is C7H13NO5S. The van der Waals surface area contributed by atoms with E-state index in [-0.39, 0.29) is 25.2 Å². The summed E-state index contributed by atoms with van der Waals surface area (Å²) in [5.74, 6) is -1.47. The Labute approximate surface area is 82.5 Å². The summed E-state index contributed by atoms with van der Waals surface area (Å²) in [5, 5.41) is 0. The second-order valence-electron chi connectivity index (χ2n) is 2.95. The van der Waals surface area contributed by atoms with Gasteiger partial charge in [0, 0.05) is 6.42 Å². The molecule has 0 spiro atoms. The van der Waals surface area contributed by atoms with Crippen LogP contribution in [0, 0.1) is 5.92 Å². The van der Waals surface area contributed by atoms with Gasteiger partial charge in [-0.2, -0.15) is 8.42 Å². The van der Waals surface area contributed by atoms with Gasteiger partial charge in [-0.1, -0.05) is 6.92 Å². The van der Waals surface area contributed by atoms with E-state index in [2.05, 4.69) is 4.18 Å². The first-order valence-electron chi connectivity index (χ1n) is 3.96. The zero-order valence-electron chi connectivity index (χ0n) is 7.80. The van der Waals surface area contributed by atoms with Crippen molar-refractivity contribution in [3.05, 3.63) is 0 Å². The van der Waals surface area contributed by atoms with E-state index in [1.165, 1.54) is 0 Å². The van der Waals surface area contributed by atoms with Crippen molar-refractivity contribution in [3.8, 4) is 0 Å². The zero-order chi connectivity index (χ0) is 11.2. The lowest BCUT2D eigenvalue weighted by molar-refractivity contribution is -0.119. The van der Waals surface area contributed by atoms with Crippen molar-refractivity contribution in [3.63, 3.8) is 0 Å². The van der Waals surface area contributed by atoms with Crippen LogP contribution in [0.25, 0.3) is 0 Å². The minimum atomic E-state index is -3.78. The van der Waals surface area contributed by atoms with Crippen LogP contribution in [0.2, 0.25) is 0 Å². The van der Waals surface area contributed by atoms with Crippen molar-refractivity contribution in [1.82, 2.24) is 0 Å². The molecule has 2 N–H and O–H groups in total. The molecule has 0 aromatic heterocycles. The van der Waals surface area contributed by atoms with Crippen LogP contribution < -0.4 is 5.73 Å². The number of aldehydes is 1. The molecule has 0 aromatic rings. The van der Waals surface area contributed by atoms with Crippen LogP contribution in [0.1, 0.15) is 13.3 Å². The van der Waals surface area contributed by atoms with Gasteiger partial charge < -0.3 is 10.5 Å². The molecule has 0 radical (unpaired) electrons. The van der Waals surface area contributed by atoms with Crippen LogP contribution in [0.3, 0.4) is 0 Å². The maximum atomic E-state index is 10.9. The average molecular weight is 223 g/mol. The Kier molecular flexibility index (Phi) is 5.32. The predicted molar refractivity (Wildman–Crippen MR) is 48.8 cm³/mol. The summed E-state index contributed by atoms with van der Waals surface area (Å²) in [6, 6.07) is 0. The molecule has 7 heteroatoms. The molecule has 0 saturated heterocycles. The summed E-state index contributed by atoms with van der Waals surface area (Å²) in [7, 11) is -3.78. The zero-order valence-corrected chi connectivity index (χ0v) is 8.62. The maximum Gasteiger partial charge on any atom is 0.274 e. The van der Waals surface area contributed by atoms with Crippen LogP contribution in [-0.2, 0) is 23.9 Å². The molecule has 0 saturated carbocycles. The van der Waals surface area contributed by atoms with Gasteiger partial charge in [-0.05, 0) is 5.92 Å². The molecular weight excluding hydrogens is 210 g/mol. The Balaban J connectivity index is 3.93. The second kappa shape index (κ2) is 5.71. The Bertz CT molecular complexity index is 297. The third-order valence-corrected chi connectivity index (χ3v) is 2.39. The molecule has 82 valence electrons. The van der Waals surface area contributed by atoms with Crippen LogP contribution in [0.4, 0.5) is 0 Å². The van der Waals surface area contributed by atoms with E-state index in [0.717, 1.165) is 0 Å². The number of hydrogen-bond donors (Lipinski definition) is 1. The Morgan fingerprint density at radius 2 is 2.14 bits per heavy atom. The number of nitrogens with two attached hydrogens (primary N) is 1. The topological polar surface area (TPSA) is 104 Å². The summed E-state index contributed by atoms with van der Waals surface area (Å²) in [5.41, 5.74) is 4.89. The fourth-order valence-electron chi connectivity index (χ4n) is 0.754. The maximum absolute atomic E-state index is 10.9. The third-order valence-electron chi connectivity index (χ3n) is 1.35. The summed E-state index contributed by atoms with van der Waals surface area (Å²) < 4.78 is 26.2. The van der Waals surface area contributed by atoms with E-state index in [9.17, 15) is 18.0 Å². The third kappa shape index (κ3) is 6.55. The van der Waals surface area contributed by atoms with Gasteiger partial charge >= 0.3 is 0 Å². The van der Waals surface area contributed by atoms with Gasteiger partial charge in [0.1, 0.15) is 12.0 Å². The van der Waals surface area contributed by atoms with Gasteiger partial charge in [0.05, 0.1) is 6.61 Å². The number of carbonyl (C=O) groups is 2. The Hall–Kier alpha value is -0.950. The molecule has 1 atom stereocenters. The van der Waals surface area contributed by atoms with E-state index >= 15 is 0 Å². The molecule has 6 nitrogen and oxygen atoms in total. The van der Waals surface area contributed by atoms with Crippen molar-refractivity contribution < 1.29 is 22.2 Å². The molecule has 0 aromatic carbocycles. The fraction of sp³-hybridized carbons (Fsp3) is 0.714. The van der Waals surface area contributed by atoms with Crippen molar-refractivity contribution in [2.75, 3.05) is 12.4 Å². The molecule has 1 amide bonds. The van der Waals surface area contributed by atoms with Gasteiger partial charge in [0.25, 0.3) is 10.1 Å². The quantitative estimate of drug-likeness (QED) is 0.442. The first-order chi connectivity index (χ1) is 6.37. The van der Waals surface area contributed by atoms with Crippen LogP contribution in [0.15, 0.2) is 0 Å². The van der Waals surface area contributed by atoms with E-state index in [1.807, 2.05) is 0 Å². The minimum Gasteiger partial charge on any atom is -0.370 e. The first-order valence-corrected chi connectivity index (χ1v) is 5.54. The van der Waals surface area contributed by atoms with Crippen molar-refractivity contribution in [1.29, 1.82) is 0 Å². The smallest absolute Gasteiger partial charge is 0.274 e. The highest BCUT2D eigenvalue weighted by atomic mass is 32.2. The molecule has 0 aliphatic carbocycles. The lowest BCUT2D eigenvalue weighted by atomic mass is 10.1. The average Bonchev–Trinajstić information content (AvgIpc) is 2.00. The number of amides is 1. The van der Waals surface area contributed by atoms with Gasteiger partial charge in [0.2, 0.25) is 5.91 Å². The highest BCUT2D eigenvalue weighted by Gasteiger charge is 2.13. The molecule has 1 unspecified atom stereocenters. The van der Waals surface area contributed by atoms with Crippen LogP contribution >= 0.6 is 0 Å². The lowest BCUT2D eigenvalue weighted by Gasteiger charge is -2.08. The lowest BCUT2D eigenvalue weighted by Crippen LogP contribution is -2.20. The number of primary amides is 1. The Morgan fingerprint density at radius 1 is 1.57 bits per heavy atom. The van der Waals surface area contributed by atoms with Crippen molar-refractivity contribution >= 4 is 22.3 Å². The molecule has 0 rings (SSSR count). The molecule has 14 heavy (non-hydrogen) atoms. The molecule has 0 aliphatic heterocycles. The number of rotatable bonds is 7. The van der Waals surface area contributed by atoms with Crippen LogP contribution in [-0.4, -0.2) is 33.0 Å². The molecule has 0 aliphatic rings. The number of carbonyl (C=O) groups excluding carboxylic acids is 2. The molecule has 0 fully saturated rings. The van der Waals surface area contributed by atoms with E-state index in [1.54, 1.807) is 6.92 Å². The largest absolute Gasteiger partial charge is 0.370 e. The summed E-state index contributed by atoms with van der Waals surface area (Å²) in [6.45, 7) is 1.49. The Morgan fingerprint density at radius 3 is 2.57 bits per heavy atom. The van der Waals surface area contributed by atoms with E-state index in [0.29, 0.717) is 0 Å². The van der Waals surface area contributed by atoms with E-state index < -0.39 is 21.8 Å². The molecule has 0 heterocycles. The van der Waals surface area contributed by atoms with Gasteiger partial charge in [-0.25, -0.2) is 0 Å². The minimum absolute atomic E-state index is 0.0522. The normalized spacial score (nSPS) is 13.5. The summed E-state index contributed by atoms with van der Waals surface area (Å²) >= 11 is 0. The predicted octanol–water partition coefficient (Wildman–Crippen LogP) is -0.957. The highest BCUT2D eigenvalue weighted by Crippen LogP contribution is 2.04. The second-order valence-corrected chi connectivity index (χ2v) is 4.64. The van der Waals surface area contributed by atoms with Gasteiger partial charge in [-0.15, -0.1) is 0 Å². The summed E-state index contributed by atoms with van der Waals surface area (Å²) in [4.78, 5) is 20.3. The summed E-state index contributed by atoms with van der Waals surface area (Å²) in [6.07, 6.45) is 0.296. The highest BCUT2D eigenvalue weighted by molar-refractivity contribution is 7.87. The van der Waals surface area contributed by atoms with Gasteiger partial charge in [0.15, 0.2) is 0 Å². The van der Waals surface area contributed by atoms with E-state index in [4.69, 9.17) is 5.73 Å². The first kappa shape index (κ1) is 13.1.